The topological polar surface area (TPSA) is 106 Å². The summed E-state index contributed by atoms with van der Waals surface area (Å²) in [4.78, 5) is 19.5. The molecule has 0 aliphatic heterocycles. The number of aromatic nitrogens is 2. The second kappa shape index (κ2) is 11.9. The minimum atomic E-state index is -0.656. The maximum atomic E-state index is 12.2. The Bertz CT molecular complexity index is 1320. The molecule has 8 nitrogen and oxygen atoms in total. The van der Waals surface area contributed by atoms with Crippen molar-refractivity contribution >= 4 is 16.9 Å². The van der Waals surface area contributed by atoms with Crippen molar-refractivity contribution in [3.63, 3.8) is 0 Å². The second-order valence-corrected chi connectivity index (χ2v) is 9.42. The van der Waals surface area contributed by atoms with Gasteiger partial charge in [0.1, 0.15) is 29.8 Å². The van der Waals surface area contributed by atoms with E-state index < -0.39 is 12.1 Å². The summed E-state index contributed by atoms with van der Waals surface area (Å²) < 4.78 is 16.8. The zero-order valence-electron chi connectivity index (χ0n) is 21.4. The van der Waals surface area contributed by atoms with E-state index in [1.54, 1.807) is 25.3 Å². The summed E-state index contributed by atoms with van der Waals surface area (Å²) in [5.74, 6) is 1.06. The van der Waals surface area contributed by atoms with Gasteiger partial charge in [-0.05, 0) is 75.2 Å². The van der Waals surface area contributed by atoms with Crippen LogP contribution in [0.1, 0.15) is 36.7 Å². The van der Waals surface area contributed by atoms with Crippen molar-refractivity contribution in [2.75, 3.05) is 19.8 Å². The van der Waals surface area contributed by atoms with Crippen LogP contribution in [0.4, 0.5) is 0 Å². The van der Waals surface area contributed by atoms with Gasteiger partial charge in [-0.25, -0.2) is 9.78 Å². The fourth-order valence-electron chi connectivity index (χ4n) is 4.02. The van der Waals surface area contributed by atoms with E-state index in [9.17, 15) is 9.90 Å². The quantitative estimate of drug-likeness (QED) is 0.237. The van der Waals surface area contributed by atoms with E-state index in [0.717, 1.165) is 28.6 Å². The molecule has 0 saturated carbocycles. The Morgan fingerprint density at radius 1 is 1.11 bits per heavy atom. The Morgan fingerprint density at radius 3 is 2.70 bits per heavy atom. The fourth-order valence-corrected chi connectivity index (χ4v) is 4.02. The molecule has 0 fully saturated rings. The largest absolute Gasteiger partial charge is 0.490 e. The van der Waals surface area contributed by atoms with Gasteiger partial charge in [-0.3, -0.25) is 0 Å². The van der Waals surface area contributed by atoms with Crippen LogP contribution in [0.3, 0.4) is 0 Å². The zero-order chi connectivity index (χ0) is 26.3. The van der Waals surface area contributed by atoms with Gasteiger partial charge in [-0.2, -0.15) is 0 Å². The molecule has 2 aromatic carbocycles. The molecule has 0 unspecified atom stereocenters. The molecule has 4 rings (SSSR count). The molecule has 0 bridgehead atoms. The summed E-state index contributed by atoms with van der Waals surface area (Å²) >= 11 is 0. The summed E-state index contributed by atoms with van der Waals surface area (Å²) in [5.41, 5.74) is 2.12. The maximum Gasteiger partial charge on any atom is 0.343 e. The molecule has 2 heterocycles. The molecule has 2 aromatic heterocycles. The van der Waals surface area contributed by atoms with Crippen molar-refractivity contribution in [3.8, 4) is 17.4 Å². The first-order valence-electron chi connectivity index (χ1n) is 12.4. The van der Waals surface area contributed by atoms with Crippen molar-refractivity contribution in [1.29, 1.82) is 0 Å². The fraction of sp³-hybridized carbons (Fsp3) is 0.310. The summed E-state index contributed by atoms with van der Waals surface area (Å²) in [6.45, 7) is 6.80. The highest BCUT2D eigenvalue weighted by molar-refractivity contribution is 5.91. The number of nitrogens with zero attached hydrogens (tertiary/aromatic N) is 1. The van der Waals surface area contributed by atoms with Gasteiger partial charge in [0.2, 0.25) is 5.88 Å². The molecule has 1 atom stereocenters. The number of hydrogen-bond acceptors (Lipinski definition) is 7. The van der Waals surface area contributed by atoms with Gasteiger partial charge in [0.15, 0.2) is 0 Å². The van der Waals surface area contributed by atoms with Crippen molar-refractivity contribution in [2.24, 2.45) is 0 Å². The smallest absolute Gasteiger partial charge is 0.343 e. The van der Waals surface area contributed by atoms with Crippen molar-refractivity contribution in [3.05, 3.63) is 84.2 Å². The zero-order valence-corrected chi connectivity index (χ0v) is 21.4. The lowest BCUT2D eigenvalue weighted by Crippen LogP contribution is -2.46. The Kier molecular flexibility index (Phi) is 8.43. The number of aliphatic hydroxyl groups is 1. The van der Waals surface area contributed by atoms with Gasteiger partial charge in [0, 0.05) is 35.4 Å². The van der Waals surface area contributed by atoms with Crippen LogP contribution in [-0.2, 0) is 11.2 Å². The van der Waals surface area contributed by atoms with E-state index in [-0.39, 0.29) is 30.2 Å². The number of ether oxygens (including phenoxy) is 3. The van der Waals surface area contributed by atoms with E-state index >= 15 is 0 Å². The molecule has 194 valence electrons. The number of fused-ring (bicyclic) bond motifs is 1. The summed E-state index contributed by atoms with van der Waals surface area (Å²) in [7, 11) is 0. The highest BCUT2D eigenvalue weighted by Gasteiger charge is 2.20. The summed E-state index contributed by atoms with van der Waals surface area (Å²) in [6.07, 6.45) is 3.52. The molecule has 0 aliphatic carbocycles. The Morgan fingerprint density at radius 2 is 1.92 bits per heavy atom. The first-order valence-corrected chi connectivity index (χ1v) is 12.4. The number of β-amino-alcohol motifs (C(OH)–C–C–N with tert-alkyl or cyclic N) is 1. The number of esters is 1. The maximum absolute atomic E-state index is 12.2. The number of rotatable bonds is 12. The van der Waals surface area contributed by atoms with E-state index in [1.165, 1.54) is 0 Å². The Hall–Kier alpha value is -3.88. The van der Waals surface area contributed by atoms with E-state index in [0.29, 0.717) is 12.3 Å². The predicted octanol–water partition coefficient (Wildman–Crippen LogP) is 4.88. The lowest BCUT2D eigenvalue weighted by Gasteiger charge is -2.28. The second-order valence-electron chi connectivity index (χ2n) is 9.42. The number of nitrogens with one attached hydrogen (secondary N) is 2. The van der Waals surface area contributed by atoms with E-state index in [4.69, 9.17) is 14.2 Å². The number of benzene rings is 2. The molecule has 0 amide bonds. The molecule has 8 heteroatoms. The van der Waals surface area contributed by atoms with Gasteiger partial charge in [-0.15, -0.1) is 0 Å². The third-order valence-corrected chi connectivity index (χ3v) is 5.85. The van der Waals surface area contributed by atoms with Crippen molar-refractivity contribution < 1.29 is 24.1 Å². The van der Waals surface area contributed by atoms with Crippen LogP contribution >= 0.6 is 0 Å². The van der Waals surface area contributed by atoms with Crippen molar-refractivity contribution in [1.82, 2.24) is 15.3 Å². The normalized spacial score (nSPS) is 12.3. The van der Waals surface area contributed by atoms with E-state index in [1.807, 2.05) is 54.7 Å². The van der Waals surface area contributed by atoms with Crippen LogP contribution in [0.5, 0.6) is 17.4 Å². The van der Waals surface area contributed by atoms with Crippen LogP contribution in [0, 0.1) is 0 Å². The molecule has 4 aromatic rings. The molecule has 0 radical (unpaired) electrons. The lowest BCUT2D eigenvalue weighted by molar-refractivity contribution is 0.0522. The number of pyridine rings is 1. The van der Waals surface area contributed by atoms with Crippen LogP contribution in [-0.4, -0.2) is 52.4 Å². The highest BCUT2D eigenvalue weighted by atomic mass is 16.5. The first-order chi connectivity index (χ1) is 17.8. The SMILES string of the molecule is CCOC(=O)c1cccnc1Oc1ccc(CC(C)(C)NC[C@H](O)COc2cccc3[nH]ccc23)cc1. The van der Waals surface area contributed by atoms with Gasteiger partial charge in [0.25, 0.3) is 0 Å². The number of carbonyl (C=O) groups excluding carboxylic acids is 1. The Labute approximate surface area is 216 Å². The van der Waals surface area contributed by atoms with Crippen LogP contribution in [0.25, 0.3) is 10.9 Å². The van der Waals surface area contributed by atoms with Crippen LogP contribution < -0.4 is 14.8 Å². The van der Waals surface area contributed by atoms with Gasteiger partial charge in [-0.1, -0.05) is 18.2 Å². The standard InChI is InChI=1S/C29H33N3O5/c1-4-35-28(34)24-7-6-15-31-27(24)37-22-12-10-20(11-13-22)17-29(2,3)32-18-21(33)19-36-26-9-5-8-25-23(26)14-16-30-25/h5-16,21,30,32-33H,4,17-19H2,1-3H3/t21-/m0/s1. The monoisotopic (exact) mass is 503 g/mol. The van der Waals surface area contributed by atoms with Crippen molar-refractivity contribution in [2.45, 2.75) is 38.8 Å². The van der Waals surface area contributed by atoms with Gasteiger partial charge in [0.05, 0.1) is 6.61 Å². The molecule has 37 heavy (non-hydrogen) atoms. The number of H-pyrrole nitrogens is 1. The number of aromatic amines is 1. The minimum absolute atomic E-state index is 0.195. The Balaban J connectivity index is 1.28. The lowest BCUT2D eigenvalue weighted by atomic mass is 9.94. The van der Waals surface area contributed by atoms with Gasteiger partial charge < -0.3 is 29.6 Å². The number of hydrogen-bond donors (Lipinski definition) is 3. The summed E-state index contributed by atoms with van der Waals surface area (Å²) in [6, 6.07) is 18.7. The molecular weight excluding hydrogens is 470 g/mol. The third kappa shape index (κ3) is 7.09. The molecule has 0 saturated heterocycles. The highest BCUT2D eigenvalue weighted by Crippen LogP contribution is 2.26. The third-order valence-electron chi connectivity index (χ3n) is 5.85. The van der Waals surface area contributed by atoms with Crippen LogP contribution in [0.2, 0.25) is 0 Å². The molecular formula is C29H33N3O5. The van der Waals surface area contributed by atoms with Crippen LogP contribution in [0.15, 0.2) is 73.1 Å². The first kappa shape index (κ1) is 26.2. The predicted molar refractivity (Wildman–Crippen MR) is 142 cm³/mol. The number of carbonyl (C=O) groups is 1. The number of aliphatic hydroxyl groups excluding tert-OH is 1. The molecule has 3 N–H and O–H groups in total. The molecule has 0 aliphatic rings. The molecule has 0 spiro atoms. The average Bonchev–Trinajstić information content (AvgIpc) is 3.37. The minimum Gasteiger partial charge on any atom is -0.490 e. The van der Waals surface area contributed by atoms with Gasteiger partial charge >= 0.3 is 5.97 Å². The average molecular weight is 504 g/mol. The van der Waals surface area contributed by atoms with E-state index in [2.05, 4.69) is 29.1 Å². The summed E-state index contributed by atoms with van der Waals surface area (Å²) in [5, 5.41) is 14.9.